The maximum atomic E-state index is 14.0. The summed E-state index contributed by atoms with van der Waals surface area (Å²) in [6.45, 7) is 8.30. The van der Waals surface area contributed by atoms with E-state index < -0.39 is 5.97 Å². The van der Waals surface area contributed by atoms with E-state index in [2.05, 4.69) is 30.3 Å². The highest BCUT2D eigenvalue weighted by Gasteiger charge is 2.36. The molecule has 2 aliphatic rings. The highest BCUT2D eigenvalue weighted by molar-refractivity contribution is 7.15. The standard InChI is InChI=1S/C31H38N2O4S/c1-21-10-12-22(13-11-21)29(34)33(27-20-26(18-19-31(2,3)4)38-28(27)30(35)36)24-16-14-23(15-17-24)32-37-25-8-6-5-7-9-25/h5-9,14,20-22,24,32H,10-13,15-17H2,1-4H3,(H,35,36)/t21?,22?,24-/m0/s1. The number of hydroxylamine groups is 1. The molecule has 1 heterocycles. The summed E-state index contributed by atoms with van der Waals surface area (Å²) >= 11 is 1.16. The molecule has 0 saturated heterocycles. The molecule has 38 heavy (non-hydrogen) atoms. The van der Waals surface area contributed by atoms with Crippen LogP contribution in [0.15, 0.2) is 48.2 Å². The second-order valence-corrected chi connectivity index (χ2v) is 12.5. The number of benzene rings is 1. The molecule has 2 aromatic rings. The molecule has 6 nitrogen and oxygen atoms in total. The lowest BCUT2D eigenvalue weighted by Crippen LogP contribution is -2.46. The first-order chi connectivity index (χ1) is 18.1. The van der Waals surface area contributed by atoms with Crippen LogP contribution in [0.2, 0.25) is 0 Å². The van der Waals surface area contributed by atoms with Crippen LogP contribution >= 0.6 is 11.3 Å². The molecule has 1 fully saturated rings. The van der Waals surface area contributed by atoms with E-state index in [9.17, 15) is 14.7 Å². The van der Waals surface area contributed by atoms with Crippen LogP contribution in [0.25, 0.3) is 0 Å². The van der Waals surface area contributed by atoms with Crippen molar-refractivity contribution >= 4 is 28.9 Å². The zero-order valence-corrected chi connectivity index (χ0v) is 23.6. The van der Waals surface area contributed by atoms with Crippen molar-refractivity contribution in [1.82, 2.24) is 5.48 Å². The van der Waals surface area contributed by atoms with Gasteiger partial charge in [-0.05, 0) is 89.8 Å². The van der Waals surface area contributed by atoms with Gasteiger partial charge < -0.3 is 14.8 Å². The number of rotatable bonds is 7. The summed E-state index contributed by atoms with van der Waals surface area (Å²) in [7, 11) is 0. The third-order valence-electron chi connectivity index (χ3n) is 7.12. The van der Waals surface area contributed by atoms with Crippen LogP contribution in [0.1, 0.15) is 87.2 Å². The van der Waals surface area contributed by atoms with Gasteiger partial charge in [0.2, 0.25) is 5.91 Å². The monoisotopic (exact) mass is 534 g/mol. The number of nitrogens with one attached hydrogen (secondary N) is 1. The molecule has 1 amide bonds. The van der Waals surface area contributed by atoms with E-state index in [1.54, 1.807) is 4.90 Å². The number of thiophene rings is 1. The van der Waals surface area contributed by atoms with Crippen molar-refractivity contribution in [3.63, 3.8) is 0 Å². The van der Waals surface area contributed by atoms with E-state index in [4.69, 9.17) is 4.84 Å². The van der Waals surface area contributed by atoms with Gasteiger partial charge >= 0.3 is 5.97 Å². The molecule has 0 radical (unpaired) electrons. The second kappa shape index (κ2) is 12.1. The van der Waals surface area contributed by atoms with Crippen LogP contribution in [0, 0.1) is 29.1 Å². The number of hydrogen-bond acceptors (Lipinski definition) is 5. The molecule has 202 valence electrons. The molecule has 0 bridgehead atoms. The van der Waals surface area contributed by atoms with Gasteiger partial charge in [0, 0.05) is 23.1 Å². The lowest BCUT2D eigenvalue weighted by molar-refractivity contribution is -0.124. The average molecular weight is 535 g/mol. The number of amides is 1. The fraction of sp³-hybridized carbons (Fsp3) is 0.484. The van der Waals surface area contributed by atoms with Crippen LogP contribution in [-0.2, 0) is 4.79 Å². The Morgan fingerprint density at radius 2 is 1.82 bits per heavy atom. The maximum absolute atomic E-state index is 14.0. The van der Waals surface area contributed by atoms with Gasteiger partial charge in [0.25, 0.3) is 0 Å². The molecule has 7 heteroatoms. The highest BCUT2D eigenvalue weighted by Crippen LogP contribution is 2.38. The van der Waals surface area contributed by atoms with Gasteiger partial charge in [-0.25, -0.2) is 10.3 Å². The molecule has 0 unspecified atom stereocenters. The van der Waals surface area contributed by atoms with Gasteiger partial charge in [0.05, 0.1) is 10.6 Å². The molecular formula is C31H38N2O4S. The number of aromatic carboxylic acids is 1. The van der Waals surface area contributed by atoms with Gasteiger partial charge in [-0.3, -0.25) is 4.79 Å². The Kier molecular flexibility index (Phi) is 8.83. The Morgan fingerprint density at radius 1 is 1.11 bits per heavy atom. The summed E-state index contributed by atoms with van der Waals surface area (Å²) in [4.78, 5) is 34.7. The SMILES string of the molecule is CC1CCC(C(=O)N(c2cc(C#CC(C)(C)C)sc2C(=O)O)[C@H]2CC=C(NOc3ccccc3)CC2)CC1. The maximum Gasteiger partial charge on any atom is 0.348 e. The van der Waals surface area contributed by atoms with Crippen LogP contribution in [0.5, 0.6) is 5.75 Å². The zero-order valence-electron chi connectivity index (χ0n) is 22.8. The molecule has 4 rings (SSSR count). The third-order valence-corrected chi connectivity index (χ3v) is 8.15. The van der Waals surface area contributed by atoms with Gasteiger partial charge in [0.15, 0.2) is 5.75 Å². The Hall–Kier alpha value is -3.24. The summed E-state index contributed by atoms with van der Waals surface area (Å²) in [6.07, 6.45) is 7.84. The van der Waals surface area contributed by atoms with Crippen molar-refractivity contribution in [1.29, 1.82) is 0 Å². The number of carbonyl (C=O) groups is 2. The molecular weight excluding hydrogens is 496 g/mol. The van der Waals surface area contributed by atoms with Crippen LogP contribution in [0.4, 0.5) is 5.69 Å². The molecule has 1 aromatic carbocycles. The predicted octanol–water partition coefficient (Wildman–Crippen LogP) is 7.02. The van der Waals surface area contributed by atoms with Crippen molar-refractivity contribution in [2.45, 2.75) is 78.7 Å². The topological polar surface area (TPSA) is 78.9 Å². The van der Waals surface area contributed by atoms with E-state index in [-0.39, 0.29) is 28.2 Å². The predicted molar refractivity (Wildman–Crippen MR) is 152 cm³/mol. The fourth-order valence-corrected chi connectivity index (χ4v) is 5.83. The van der Waals surface area contributed by atoms with Crippen LogP contribution in [-0.4, -0.2) is 23.0 Å². The molecule has 1 saturated carbocycles. The highest BCUT2D eigenvalue weighted by atomic mass is 32.1. The summed E-state index contributed by atoms with van der Waals surface area (Å²) in [6, 6.07) is 11.2. The summed E-state index contributed by atoms with van der Waals surface area (Å²) in [5.41, 5.74) is 4.29. The van der Waals surface area contributed by atoms with Crippen LogP contribution in [0.3, 0.4) is 0 Å². The van der Waals surface area contributed by atoms with E-state index >= 15 is 0 Å². The minimum Gasteiger partial charge on any atom is -0.477 e. The number of para-hydroxylation sites is 1. The number of carboxylic acids is 1. The lowest BCUT2D eigenvalue weighted by atomic mass is 9.81. The van der Waals surface area contributed by atoms with E-state index in [0.717, 1.165) is 48.5 Å². The van der Waals surface area contributed by atoms with Gasteiger partial charge in [0.1, 0.15) is 4.88 Å². The Morgan fingerprint density at radius 3 is 2.42 bits per heavy atom. The zero-order chi connectivity index (χ0) is 27.3. The summed E-state index contributed by atoms with van der Waals surface area (Å²) in [5.74, 6) is 6.65. The average Bonchev–Trinajstić information content (AvgIpc) is 3.32. The number of nitrogens with zero attached hydrogens (tertiary/aromatic N) is 1. The number of carbonyl (C=O) groups excluding carboxylic acids is 1. The minimum atomic E-state index is -1.02. The molecule has 0 spiro atoms. The largest absolute Gasteiger partial charge is 0.477 e. The molecule has 1 atom stereocenters. The number of carboxylic acid groups (broad SMARTS) is 1. The smallest absolute Gasteiger partial charge is 0.348 e. The van der Waals surface area contributed by atoms with Gasteiger partial charge in [-0.1, -0.05) is 43.0 Å². The van der Waals surface area contributed by atoms with Crippen molar-refractivity contribution in [2.75, 3.05) is 4.90 Å². The molecule has 2 N–H and O–H groups in total. The quantitative estimate of drug-likeness (QED) is 0.295. The van der Waals surface area contributed by atoms with Crippen molar-refractivity contribution < 1.29 is 19.5 Å². The fourth-order valence-electron chi connectivity index (χ4n) is 4.98. The van der Waals surface area contributed by atoms with Crippen LogP contribution < -0.4 is 15.2 Å². The van der Waals surface area contributed by atoms with Gasteiger partial charge in [-0.15, -0.1) is 11.3 Å². The minimum absolute atomic E-state index is 0.0443. The van der Waals surface area contributed by atoms with E-state index in [0.29, 0.717) is 35.7 Å². The Bertz CT molecular complexity index is 1220. The number of allylic oxidation sites excluding steroid dienone is 1. The van der Waals surface area contributed by atoms with E-state index in [1.807, 2.05) is 57.2 Å². The molecule has 2 aliphatic carbocycles. The van der Waals surface area contributed by atoms with Crippen molar-refractivity contribution in [3.8, 4) is 17.6 Å². The molecule has 1 aromatic heterocycles. The summed E-state index contributed by atoms with van der Waals surface area (Å²) in [5, 5.41) is 10.1. The van der Waals surface area contributed by atoms with Crippen molar-refractivity contribution in [3.05, 3.63) is 57.9 Å². The van der Waals surface area contributed by atoms with Gasteiger partial charge in [-0.2, -0.15) is 0 Å². The second-order valence-electron chi connectivity index (χ2n) is 11.5. The van der Waals surface area contributed by atoms with Crippen molar-refractivity contribution in [2.24, 2.45) is 17.3 Å². The number of anilines is 1. The lowest BCUT2D eigenvalue weighted by Gasteiger charge is -2.37. The number of hydrogen-bond donors (Lipinski definition) is 2. The third kappa shape index (κ3) is 7.20. The Balaban J connectivity index is 1.61. The normalized spacial score (nSPS) is 21.5. The van der Waals surface area contributed by atoms with E-state index in [1.165, 1.54) is 0 Å². The Labute approximate surface area is 230 Å². The first kappa shape index (κ1) is 27.8. The summed E-state index contributed by atoms with van der Waals surface area (Å²) < 4.78 is 0. The first-order valence-electron chi connectivity index (χ1n) is 13.5. The molecule has 0 aliphatic heterocycles. The first-order valence-corrected chi connectivity index (χ1v) is 14.3.